The summed E-state index contributed by atoms with van der Waals surface area (Å²) in [6.45, 7) is 2.12. The third-order valence-electron chi connectivity index (χ3n) is 7.77. The summed E-state index contributed by atoms with van der Waals surface area (Å²) in [6.07, 6.45) is 11.4. The molecule has 0 aromatic heterocycles. The SMILES string of the molecule is Cc1ccc2cccc([C]=C=CCCC3=C(c4ccc5c(c4)CC(CCC(=O)O)c4ccccc4-5)[CH]3)c2c1. The summed E-state index contributed by atoms with van der Waals surface area (Å²) in [5, 5.41) is 11.7. The molecule has 1 atom stereocenters. The molecule has 4 aromatic carbocycles. The van der Waals surface area contributed by atoms with Crippen LogP contribution in [-0.2, 0) is 11.2 Å². The van der Waals surface area contributed by atoms with Gasteiger partial charge in [0.1, 0.15) is 0 Å². The van der Waals surface area contributed by atoms with Gasteiger partial charge in [0.05, 0.1) is 0 Å². The van der Waals surface area contributed by atoms with Crippen LogP contribution < -0.4 is 0 Å². The fourth-order valence-corrected chi connectivity index (χ4v) is 5.76. The lowest BCUT2D eigenvalue weighted by atomic mass is 9.76. The van der Waals surface area contributed by atoms with Crippen LogP contribution in [-0.4, -0.2) is 11.1 Å². The van der Waals surface area contributed by atoms with Gasteiger partial charge in [-0.25, -0.2) is 0 Å². The van der Waals surface area contributed by atoms with E-state index in [0.717, 1.165) is 24.8 Å². The van der Waals surface area contributed by atoms with Gasteiger partial charge in [-0.3, -0.25) is 4.79 Å². The first-order valence-electron chi connectivity index (χ1n) is 13.4. The predicted molar refractivity (Wildman–Crippen MR) is 155 cm³/mol. The van der Waals surface area contributed by atoms with Crippen molar-refractivity contribution >= 4 is 22.3 Å². The number of carboxylic acids is 1. The maximum atomic E-state index is 11.2. The highest BCUT2D eigenvalue weighted by Gasteiger charge is 2.27. The molecule has 0 amide bonds. The summed E-state index contributed by atoms with van der Waals surface area (Å²) in [7, 11) is 0. The Labute approximate surface area is 224 Å². The smallest absolute Gasteiger partial charge is 0.303 e. The maximum absolute atomic E-state index is 11.2. The molecule has 2 radical (unpaired) electrons. The molecule has 2 aliphatic rings. The molecule has 1 unspecified atom stereocenters. The van der Waals surface area contributed by atoms with Crippen LogP contribution in [0.25, 0.3) is 27.5 Å². The largest absolute Gasteiger partial charge is 0.481 e. The first kappa shape index (κ1) is 24.2. The van der Waals surface area contributed by atoms with Crippen LogP contribution in [0, 0.1) is 19.4 Å². The number of fused-ring (bicyclic) bond motifs is 4. The number of rotatable bonds is 8. The molecule has 0 aliphatic heterocycles. The van der Waals surface area contributed by atoms with Crippen molar-refractivity contribution in [1.29, 1.82) is 0 Å². The van der Waals surface area contributed by atoms with Crippen molar-refractivity contribution < 1.29 is 9.90 Å². The molecule has 2 aliphatic carbocycles. The Morgan fingerprint density at radius 2 is 1.89 bits per heavy atom. The molecule has 2 nitrogen and oxygen atoms in total. The van der Waals surface area contributed by atoms with Gasteiger partial charge >= 0.3 is 5.97 Å². The van der Waals surface area contributed by atoms with E-state index in [4.69, 9.17) is 0 Å². The van der Waals surface area contributed by atoms with Crippen LogP contribution in [0.5, 0.6) is 0 Å². The number of aryl methyl sites for hydroxylation is 1. The van der Waals surface area contributed by atoms with Gasteiger partial charge in [-0.05, 0) is 94.3 Å². The van der Waals surface area contributed by atoms with Crippen molar-refractivity contribution in [2.24, 2.45) is 0 Å². The van der Waals surface area contributed by atoms with E-state index in [1.807, 2.05) is 0 Å². The summed E-state index contributed by atoms with van der Waals surface area (Å²) in [5.41, 5.74) is 14.8. The second-order valence-electron chi connectivity index (χ2n) is 10.4. The topological polar surface area (TPSA) is 37.3 Å². The lowest BCUT2D eigenvalue weighted by Gasteiger charge is -2.28. The molecule has 0 heterocycles. The van der Waals surface area contributed by atoms with Gasteiger partial charge in [0.15, 0.2) is 0 Å². The Kier molecular flexibility index (Phi) is 6.58. The quantitative estimate of drug-likeness (QED) is 0.249. The fraction of sp³-hybridized carbons (Fsp3) is 0.194. The van der Waals surface area contributed by atoms with E-state index in [9.17, 15) is 9.90 Å². The standard InChI is InChI=1S/C36H30O2/c1-24-14-15-26-11-7-10-25(34(26)20-24)8-3-2-4-9-27-23-35(27)29-16-18-32-30(22-29)21-28(17-19-36(37)38)31-12-5-6-13-33(31)32/h2,5-7,10-16,18,20,22-23,28H,4,9,17,19,21H2,1H3,(H,37,38). The number of benzene rings is 4. The minimum absolute atomic E-state index is 0.205. The summed E-state index contributed by atoms with van der Waals surface area (Å²) in [4.78, 5) is 11.2. The molecule has 1 N–H and O–H groups in total. The molecule has 38 heavy (non-hydrogen) atoms. The molecule has 0 saturated carbocycles. The zero-order valence-corrected chi connectivity index (χ0v) is 21.6. The Balaban J connectivity index is 1.15. The highest BCUT2D eigenvalue weighted by molar-refractivity contribution is 5.93. The van der Waals surface area contributed by atoms with Crippen molar-refractivity contribution in [3.8, 4) is 11.1 Å². The van der Waals surface area contributed by atoms with E-state index in [2.05, 4.69) is 110 Å². The number of aliphatic carboxylic acids is 1. The van der Waals surface area contributed by atoms with E-state index in [0.29, 0.717) is 6.42 Å². The van der Waals surface area contributed by atoms with Crippen LogP contribution in [0.15, 0.2) is 96.2 Å². The van der Waals surface area contributed by atoms with Crippen LogP contribution in [0.2, 0.25) is 0 Å². The first-order chi connectivity index (χ1) is 18.6. The van der Waals surface area contributed by atoms with Crippen molar-refractivity contribution in [3.05, 3.63) is 137 Å². The summed E-state index contributed by atoms with van der Waals surface area (Å²) >= 11 is 0. The second-order valence-corrected chi connectivity index (χ2v) is 10.4. The van der Waals surface area contributed by atoms with Gasteiger partial charge in [-0.1, -0.05) is 90.0 Å². The number of allylic oxidation sites excluding steroid dienone is 3. The third-order valence-corrected chi connectivity index (χ3v) is 7.77. The molecule has 0 bridgehead atoms. The van der Waals surface area contributed by atoms with Crippen molar-refractivity contribution in [1.82, 2.24) is 0 Å². The minimum Gasteiger partial charge on any atom is -0.481 e. The lowest BCUT2D eigenvalue weighted by molar-refractivity contribution is -0.137. The van der Waals surface area contributed by atoms with Crippen LogP contribution in [0.4, 0.5) is 0 Å². The molecule has 2 heteroatoms. The van der Waals surface area contributed by atoms with E-state index in [-0.39, 0.29) is 12.3 Å². The van der Waals surface area contributed by atoms with Crippen molar-refractivity contribution in [2.75, 3.05) is 0 Å². The average Bonchev–Trinajstić information content (AvgIpc) is 3.71. The fourth-order valence-electron chi connectivity index (χ4n) is 5.76. The lowest BCUT2D eigenvalue weighted by Crippen LogP contribution is -2.13. The molecule has 0 fully saturated rings. The maximum Gasteiger partial charge on any atom is 0.303 e. The van der Waals surface area contributed by atoms with E-state index in [1.165, 1.54) is 55.3 Å². The second kappa shape index (κ2) is 10.3. The van der Waals surface area contributed by atoms with E-state index < -0.39 is 5.97 Å². The summed E-state index contributed by atoms with van der Waals surface area (Å²) < 4.78 is 0. The molecule has 0 saturated heterocycles. The van der Waals surface area contributed by atoms with E-state index in [1.54, 1.807) is 0 Å². The van der Waals surface area contributed by atoms with Gasteiger partial charge in [-0.15, -0.1) is 5.73 Å². The van der Waals surface area contributed by atoms with Gasteiger partial charge < -0.3 is 5.11 Å². The average molecular weight is 495 g/mol. The Bertz CT molecular complexity index is 1650. The molecule has 6 rings (SSSR count). The molecular weight excluding hydrogens is 464 g/mol. The predicted octanol–water partition coefficient (Wildman–Crippen LogP) is 8.63. The van der Waals surface area contributed by atoms with Crippen LogP contribution in [0.3, 0.4) is 0 Å². The zero-order chi connectivity index (χ0) is 26.1. The molecule has 186 valence electrons. The van der Waals surface area contributed by atoms with Gasteiger partial charge in [-0.2, -0.15) is 0 Å². The Hall–Kier alpha value is -4.13. The molecule has 4 aromatic rings. The van der Waals surface area contributed by atoms with Crippen molar-refractivity contribution in [2.45, 2.75) is 44.9 Å². The number of carbonyl (C=O) groups is 1. The summed E-state index contributed by atoms with van der Waals surface area (Å²) in [5.74, 6) is -0.473. The highest BCUT2D eigenvalue weighted by Crippen LogP contribution is 2.46. The van der Waals surface area contributed by atoms with Crippen LogP contribution in [0.1, 0.15) is 59.4 Å². The number of hydrogen-bond acceptors (Lipinski definition) is 1. The Morgan fingerprint density at radius 1 is 1.00 bits per heavy atom. The molecular formula is C36H30O2. The van der Waals surface area contributed by atoms with Gasteiger partial charge in [0.25, 0.3) is 0 Å². The Morgan fingerprint density at radius 3 is 2.79 bits per heavy atom. The molecule has 0 spiro atoms. The highest BCUT2D eigenvalue weighted by atomic mass is 16.4. The summed E-state index contributed by atoms with van der Waals surface area (Å²) in [6, 6.07) is 28.1. The zero-order valence-electron chi connectivity index (χ0n) is 21.6. The minimum atomic E-state index is -0.724. The van der Waals surface area contributed by atoms with E-state index >= 15 is 0 Å². The van der Waals surface area contributed by atoms with Crippen LogP contribution >= 0.6 is 0 Å². The first-order valence-corrected chi connectivity index (χ1v) is 13.4. The normalized spacial score (nSPS) is 15.4. The third kappa shape index (κ3) is 5.01. The number of hydrogen-bond donors (Lipinski definition) is 1. The van der Waals surface area contributed by atoms with Gasteiger partial charge in [0.2, 0.25) is 0 Å². The van der Waals surface area contributed by atoms with Crippen molar-refractivity contribution in [3.63, 3.8) is 0 Å². The van der Waals surface area contributed by atoms with Gasteiger partial charge in [0, 0.05) is 18.9 Å². The monoisotopic (exact) mass is 494 g/mol. The number of carboxylic acid groups (broad SMARTS) is 1.